The second kappa shape index (κ2) is 7.70. The quantitative estimate of drug-likeness (QED) is 0.765. The molecule has 5 heterocycles. The van der Waals surface area contributed by atoms with Gasteiger partial charge in [0, 0.05) is 36.8 Å². The van der Waals surface area contributed by atoms with E-state index < -0.39 is 12.8 Å². The topological polar surface area (TPSA) is 89.6 Å². The van der Waals surface area contributed by atoms with Crippen molar-refractivity contribution >= 4 is 17.6 Å². The lowest BCUT2D eigenvalue weighted by Gasteiger charge is -2.29. The van der Waals surface area contributed by atoms with Gasteiger partial charge in [-0.3, -0.25) is 0 Å². The summed E-state index contributed by atoms with van der Waals surface area (Å²) < 4.78 is 49.8. The van der Waals surface area contributed by atoms with E-state index in [0.29, 0.717) is 42.7 Å². The van der Waals surface area contributed by atoms with Crippen LogP contribution in [0.3, 0.4) is 0 Å². The lowest BCUT2D eigenvalue weighted by molar-refractivity contribution is -0.0494. The van der Waals surface area contributed by atoms with Crippen molar-refractivity contribution in [2.45, 2.75) is 38.3 Å². The molecule has 166 valence electrons. The molecule has 3 aliphatic rings. The van der Waals surface area contributed by atoms with Gasteiger partial charge in [0.15, 0.2) is 11.6 Å². The number of pyridine rings is 1. The first-order valence-electron chi connectivity index (χ1n) is 10.2. The van der Waals surface area contributed by atoms with Gasteiger partial charge in [-0.05, 0) is 12.5 Å². The molecular formula is C20H23F3N6O2. The van der Waals surface area contributed by atoms with Crippen molar-refractivity contribution in [3.05, 3.63) is 18.3 Å². The molecule has 3 aliphatic heterocycles. The SMILES string of the molecule is CC1CN(c2nc(-c3cnc(N)c(OC(F)F)c3)cc(N3C[C@@H]4C[C@H]3CO4)n2)CC1F. The number of anilines is 3. The Morgan fingerprint density at radius 1 is 1.23 bits per heavy atom. The summed E-state index contributed by atoms with van der Waals surface area (Å²) in [5.74, 6) is 0.606. The summed E-state index contributed by atoms with van der Waals surface area (Å²) in [6.45, 7) is 0.871. The Balaban J connectivity index is 1.55. The van der Waals surface area contributed by atoms with E-state index in [-0.39, 0.29) is 36.2 Å². The number of rotatable bonds is 5. The van der Waals surface area contributed by atoms with Gasteiger partial charge >= 0.3 is 6.61 Å². The first-order valence-corrected chi connectivity index (χ1v) is 10.2. The van der Waals surface area contributed by atoms with Crippen LogP contribution in [0.25, 0.3) is 11.3 Å². The Morgan fingerprint density at radius 3 is 2.71 bits per heavy atom. The number of morpholine rings is 1. The zero-order valence-corrected chi connectivity index (χ0v) is 16.9. The van der Waals surface area contributed by atoms with Gasteiger partial charge in [-0.25, -0.2) is 14.4 Å². The monoisotopic (exact) mass is 436 g/mol. The van der Waals surface area contributed by atoms with Crippen LogP contribution in [-0.2, 0) is 4.74 Å². The molecule has 3 fully saturated rings. The summed E-state index contributed by atoms with van der Waals surface area (Å²) in [4.78, 5) is 17.3. The van der Waals surface area contributed by atoms with Crippen molar-refractivity contribution in [2.24, 2.45) is 5.92 Å². The van der Waals surface area contributed by atoms with Crippen molar-refractivity contribution in [3.8, 4) is 17.0 Å². The minimum absolute atomic E-state index is 0.129. The molecule has 2 aromatic heterocycles. The maximum Gasteiger partial charge on any atom is 0.387 e. The number of alkyl halides is 3. The summed E-state index contributed by atoms with van der Waals surface area (Å²) in [7, 11) is 0. The van der Waals surface area contributed by atoms with Crippen molar-refractivity contribution in [3.63, 3.8) is 0 Å². The van der Waals surface area contributed by atoms with E-state index in [0.717, 1.165) is 6.42 Å². The van der Waals surface area contributed by atoms with Gasteiger partial charge in [-0.1, -0.05) is 6.92 Å². The van der Waals surface area contributed by atoms with Crippen LogP contribution in [0.5, 0.6) is 5.75 Å². The summed E-state index contributed by atoms with van der Waals surface area (Å²) in [6.07, 6.45) is 1.58. The van der Waals surface area contributed by atoms with E-state index in [1.54, 1.807) is 6.07 Å². The van der Waals surface area contributed by atoms with E-state index in [2.05, 4.69) is 19.6 Å². The summed E-state index contributed by atoms with van der Waals surface area (Å²) in [6, 6.07) is 3.39. The van der Waals surface area contributed by atoms with Gasteiger partial charge in [0.25, 0.3) is 0 Å². The van der Waals surface area contributed by atoms with E-state index in [9.17, 15) is 13.2 Å². The normalized spacial score (nSPS) is 27.5. The lowest BCUT2D eigenvalue weighted by atomic mass is 10.1. The summed E-state index contributed by atoms with van der Waals surface area (Å²) >= 11 is 0. The number of nitrogens with zero attached hydrogens (tertiary/aromatic N) is 5. The fourth-order valence-electron chi connectivity index (χ4n) is 4.41. The molecule has 31 heavy (non-hydrogen) atoms. The second-order valence-electron chi connectivity index (χ2n) is 8.29. The molecule has 0 aromatic carbocycles. The molecule has 0 aliphatic carbocycles. The van der Waals surface area contributed by atoms with Crippen molar-refractivity contribution in [1.82, 2.24) is 15.0 Å². The van der Waals surface area contributed by atoms with Crippen LogP contribution in [-0.4, -0.2) is 66.1 Å². The minimum atomic E-state index is -3.02. The van der Waals surface area contributed by atoms with E-state index in [1.165, 1.54) is 12.3 Å². The molecule has 2 bridgehead atoms. The molecular weight excluding hydrogens is 413 g/mol. The van der Waals surface area contributed by atoms with E-state index in [1.807, 2.05) is 11.8 Å². The number of ether oxygens (including phenoxy) is 2. The smallest absolute Gasteiger partial charge is 0.387 e. The molecule has 0 saturated carbocycles. The van der Waals surface area contributed by atoms with E-state index in [4.69, 9.17) is 15.5 Å². The Bertz CT molecular complexity index is 970. The molecule has 5 rings (SSSR count). The first kappa shape index (κ1) is 20.1. The predicted molar refractivity (Wildman–Crippen MR) is 108 cm³/mol. The molecule has 4 atom stereocenters. The molecule has 2 aromatic rings. The van der Waals surface area contributed by atoms with Gasteiger partial charge in [-0.15, -0.1) is 0 Å². The van der Waals surface area contributed by atoms with Gasteiger partial charge in [0.1, 0.15) is 12.0 Å². The van der Waals surface area contributed by atoms with Crippen LogP contribution in [0.2, 0.25) is 0 Å². The molecule has 0 amide bonds. The molecule has 8 nitrogen and oxygen atoms in total. The van der Waals surface area contributed by atoms with E-state index >= 15 is 0 Å². The number of fused-ring (bicyclic) bond motifs is 2. The molecule has 2 N–H and O–H groups in total. The maximum atomic E-state index is 14.2. The third-order valence-corrected chi connectivity index (χ3v) is 6.09. The van der Waals surface area contributed by atoms with Crippen molar-refractivity contribution < 1.29 is 22.6 Å². The largest absolute Gasteiger partial charge is 0.431 e. The van der Waals surface area contributed by atoms with Crippen LogP contribution in [0.1, 0.15) is 13.3 Å². The third-order valence-electron chi connectivity index (χ3n) is 6.09. The van der Waals surface area contributed by atoms with Crippen LogP contribution in [0.4, 0.5) is 30.8 Å². The highest BCUT2D eigenvalue weighted by molar-refractivity contribution is 5.68. The molecule has 0 radical (unpaired) electrons. The van der Waals surface area contributed by atoms with Crippen molar-refractivity contribution in [2.75, 3.05) is 41.8 Å². The Hall–Kier alpha value is -2.82. The number of hydrogen-bond acceptors (Lipinski definition) is 8. The minimum Gasteiger partial charge on any atom is -0.431 e. The number of nitrogens with two attached hydrogens (primary N) is 1. The average Bonchev–Trinajstić information content (AvgIpc) is 3.45. The fourth-order valence-corrected chi connectivity index (χ4v) is 4.41. The zero-order chi connectivity index (χ0) is 21.7. The van der Waals surface area contributed by atoms with Gasteiger partial charge in [0.05, 0.1) is 31.0 Å². The highest BCUT2D eigenvalue weighted by atomic mass is 19.3. The Labute approximate surface area is 177 Å². The Kier molecular flexibility index (Phi) is 4.99. The zero-order valence-electron chi connectivity index (χ0n) is 16.9. The third kappa shape index (κ3) is 3.82. The number of nitrogen functional groups attached to an aromatic ring is 1. The fraction of sp³-hybridized carbons (Fsp3) is 0.550. The highest BCUT2D eigenvalue weighted by Crippen LogP contribution is 2.36. The second-order valence-corrected chi connectivity index (χ2v) is 8.29. The molecule has 11 heteroatoms. The first-order chi connectivity index (χ1) is 14.9. The molecule has 2 unspecified atom stereocenters. The Morgan fingerprint density at radius 2 is 2.06 bits per heavy atom. The number of halogens is 3. The van der Waals surface area contributed by atoms with Crippen LogP contribution in [0.15, 0.2) is 18.3 Å². The van der Waals surface area contributed by atoms with Crippen molar-refractivity contribution in [1.29, 1.82) is 0 Å². The van der Waals surface area contributed by atoms with Gasteiger partial charge < -0.3 is 25.0 Å². The van der Waals surface area contributed by atoms with Gasteiger partial charge in [-0.2, -0.15) is 13.8 Å². The number of aromatic nitrogens is 3. The highest BCUT2D eigenvalue weighted by Gasteiger charge is 2.40. The summed E-state index contributed by atoms with van der Waals surface area (Å²) in [5, 5.41) is 0. The summed E-state index contributed by atoms with van der Waals surface area (Å²) in [5.41, 5.74) is 6.61. The maximum absolute atomic E-state index is 14.2. The van der Waals surface area contributed by atoms with Crippen LogP contribution < -0.4 is 20.3 Å². The van der Waals surface area contributed by atoms with Crippen LogP contribution >= 0.6 is 0 Å². The van der Waals surface area contributed by atoms with Crippen LogP contribution in [0, 0.1) is 5.92 Å². The molecule has 3 saturated heterocycles. The number of hydrogen-bond donors (Lipinski definition) is 1. The van der Waals surface area contributed by atoms with Gasteiger partial charge in [0.2, 0.25) is 5.95 Å². The average molecular weight is 436 g/mol. The standard InChI is InChI=1S/C20H23F3N6O2/c1-10-6-28(8-14(10)21)20-26-15(11-2-16(31-19(22)23)18(24)25-5-11)4-17(27-20)29-7-13-3-12(29)9-30-13/h2,4-5,10,12-14,19H,3,6-9H2,1H3,(H2,24,25)/t10?,12-,13-,14?/m0/s1. The lowest BCUT2D eigenvalue weighted by Crippen LogP contribution is -2.38. The molecule has 0 spiro atoms. The predicted octanol–water partition coefficient (Wildman–Crippen LogP) is 2.49.